The van der Waals surface area contributed by atoms with E-state index in [4.69, 9.17) is 23.2 Å². The van der Waals surface area contributed by atoms with Crippen LogP contribution in [0.15, 0.2) is 18.2 Å². The van der Waals surface area contributed by atoms with Crippen LogP contribution in [-0.2, 0) is 9.59 Å². The number of rotatable bonds is 7. The normalized spacial score (nSPS) is 10.3. The molecular formula is C15H20Cl2N2O2. The van der Waals surface area contributed by atoms with Crippen LogP contribution in [0.1, 0.15) is 33.1 Å². The third-order valence-electron chi connectivity index (χ3n) is 3.06. The lowest BCUT2D eigenvalue weighted by molar-refractivity contribution is -0.129. The van der Waals surface area contributed by atoms with Crippen molar-refractivity contribution in [3.63, 3.8) is 0 Å². The fourth-order valence-electron chi connectivity index (χ4n) is 1.83. The van der Waals surface area contributed by atoms with Crippen LogP contribution in [0, 0.1) is 0 Å². The number of carbonyl (C=O) groups is 2. The number of benzene rings is 1. The van der Waals surface area contributed by atoms with Crippen molar-refractivity contribution in [1.82, 2.24) is 4.90 Å². The first kappa shape index (κ1) is 17.8. The van der Waals surface area contributed by atoms with Gasteiger partial charge in [0.05, 0.1) is 15.7 Å². The van der Waals surface area contributed by atoms with E-state index >= 15 is 0 Å². The highest BCUT2D eigenvalue weighted by molar-refractivity contribution is 6.39. The average molecular weight is 331 g/mol. The van der Waals surface area contributed by atoms with Crippen LogP contribution in [0.25, 0.3) is 0 Å². The number of para-hydroxylation sites is 1. The standard InChI is InChI=1S/C15H20Cl2N2O2/c1-3-4-9-19(11(2)20)10-8-14(21)18-15-12(16)6-5-7-13(15)17/h5-7H,3-4,8-10H2,1-2H3,(H,18,21). The maximum atomic E-state index is 12.0. The maximum absolute atomic E-state index is 12.0. The molecule has 0 spiro atoms. The molecule has 1 aromatic carbocycles. The third-order valence-corrected chi connectivity index (χ3v) is 3.69. The molecule has 0 atom stereocenters. The van der Waals surface area contributed by atoms with Gasteiger partial charge in [0.1, 0.15) is 0 Å². The van der Waals surface area contributed by atoms with Crippen molar-refractivity contribution >= 4 is 40.7 Å². The van der Waals surface area contributed by atoms with E-state index in [0.29, 0.717) is 28.8 Å². The largest absolute Gasteiger partial charge is 0.342 e. The summed E-state index contributed by atoms with van der Waals surface area (Å²) in [7, 11) is 0. The number of carbonyl (C=O) groups excluding carboxylic acids is 2. The van der Waals surface area contributed by atoms with Crippen molar-refractivity contribution < 1.29 is 9.59 Å². The van der Waals surface area contributed by atoms with Crippen LogP contribution >= 0.6 is 23.2 Å². The van der Waals surface area contributed by atoms with Gasteiger partial charge < -0.3 is 10.2 Å². The molecule has 6 heteroatoms. The molecule has 4 nitrogen and oxygen atoms in total. The van der Waals surface area contributed by atoms with Gasteiger partial charge in [-0.3, -0.25) is 9.59 Å². The van der Waals surface area contributed by atoms with E-state index < -0.39 is 0 Å². The van der Waals surface area contributed by atoms with Gasteiger partial charge in [-0.25, -0.2) is 0 Å². The van der Waals surface area contributed by atoms with Crippen molar-refractivity contribution in [2.75, 3.05) is 18.4 Å². The molecule has 1 rings (SSSR count). The number of halogens is 2. The molecule has 0 fully saturated rings. The SMILES string of the molecule is CCCCN(CCC(=O)Nc1c(Cl)cccc1Cl)C(C)=O. The number of unbranched alkanes of at least 4 members (excludes halogenated alkanes) is 1. The fourth-order valence-corrected chi connectivity index (χ4v) is 2.32. The number of nitrogens with zero attached hydrogens (tertiary/aromatic N) is 1. The number of anilines is 1. The lowest BCUT2D eigenvalue weighted by atomic mass is 10.2. The monoisotopic (exact) mass is 330 g/mol. The minimum atomic E-state index is -0.215. The van der Waals surface area contributed by atoms with Crippen molar-refractivity contribution in [2.24, 2.45) is 0 Å². The third kappa shape index (κ3) is 5.94. The highest BCUT2D eigenvalue weighted by Crippen LogP contribution is 2.29. The van der Waals surface area contributed by atoms with Gasteiger partial charge in [-0.1, -0.05) is 42.6 Å². The number of amides is 2. The molecule has 0 radical (unpaired) electrons. The Morgan fingerprint density at radius 3 is 2.33 bits per heavy atom. The second-order valence-electron chi connectivity index (χ2n) is 4.75. The summed E-state index contributed by atoms with van der Waals surface area (Å²) in [5.41, 5.74) is 0.411. The predicted octanol–water partition coefficient (Wildman–Crippen LogP) is 3.97. The zero-order valence-corrected chi connectivity index (χ0v) is 13.8. The highest BCUT2D eigenvalue weighted by Gasteiger charge is 2.13. The summed E-state index contributed by atoms with van der Waals surface area (Å²) in [6.07, 6.45) is 2.15. The molecule has 2 amide bonds. The smallest absolute Gasteiger partial charge is 0.226 e. The second-order valence-corrected chi connectivity index (χ2v) is 5.57. The van der Waals surface area contributed by atoms with E-state index in [1.807, 2.05) is 0 Å². The van der Waals surface area contributed by atoms with Crippen molar-refractivity contribution in [3.05, 3.63) is 28.2 Å². The molecule has 0 aliphatic heterocycles. The molecule has 0 saturated carbocycles. The zero-order valence-electron chi connectivity index (χ0n) is 12.3. The van der Waals surface area contributed by atoms with Gasteiger partial charge in [-0.15, -0.1) is 0 Å². The quantitative estimate of drug-likeness (QED) is 0.822. The Balaban J connectivity index is 2.55. The lowest BCUT2D eigenvalue weighted by Gasteiger charge is -2.20. The van der Waals surface area contributed by atoms with E-state index in [2.05, 4.69) is 12.2 Å². The molecule has 0 bridgehead atoms. The molecule has 0 aromatic heterocycles. The minimum Gasteiger partial charge on any atom is -0.342 e. The average Bonchev–Trinajstić information content (AvgIpc) is 2.42. The lowest BCUT2D eigenvalue weighted by Crippen LogP contribution is -2.32. The topological polar surface area (TPSA) is 49.4 Å². The number of hydrogen-bond donors (Lipinski definition) is 1. The van der Waals surface area contributed by atoms with Gasteiger partial charge in [-0.2, -0.15) is 0 Å². The second kappa shape index (κ2) is 8.90. The zero-order chi connectivity index (χ0) is 15.8. The summed E-state index contributed by atoms with van der Waals surface area (Å²) in [5.74, 6) is -0.236. The Labute approximate surface area is 135 Å². The summed E-state index contributed by atoms with van der Waals surface area (Å²) < 4.78 is 0. The molecule has 0 saturated heterocycles. The van der Waals surface area contributed by atoms with Crippen LogP contribution in [0.5, 0.6) is 0 Å². The first-order valence-corrected chi connectivity index (χ1v) is 7.70. The van der Waals surface area contributed by atoms with Crippen molar-refractivity contribution in [3.8, 4) is 0 Å². The summed E-state index contributed by atoms with van der Waals surface area (Å²) in [4.78, 5) is 25.1. The molecule has 21 heavy (non-hydrogen) atoms. The van der Waals surface area contributed by atoms with E-state index in [0.717, 1.165) is 12.8 Å². The van der Waals surface area contributed by atoms with E-state index in [-0.39, 0.29) is 18.2 Å². The fraction of sp³-hybridized carbons (Fsp3) is 0.467. The van der Waals surface area contributed by atoms with Gasteiger partial charge in [0.25, 0.3) is 0 Å². The first-order chi connectivity index (χ1) is 9.95. The van der Waals surface area contributed by atoms with E-state index in [1.165, 1.54) is 6.92 Å². The summed E-state index contributed by atoms with van der Waals surface area (Å²) in [6.45, 7) is 4.64. The maximum Gasteiger partial charge on any atom is 0.226 e. The van der Waals surface area contributed by atoms with Crippen molar-refractivity contribution in [1.29, 1.82) is 0 Å². The Morgan fingerprint density at radius 2 is 1.81 bits per heavy atom. The van der Waals surface area contributed by atoms with E-state index in [1.54, 1.807) is 23.1 Å². The van der Waals surface area contributed by atoms with Gasteiger partial charge in [-0.05, 0) is 18.6 Å². The number of nitrogens with one attached hydrogen (secondary N) is 1. The highest BCUT2D eigenvalue weighted by atomic mass is 35.5. The summed E-state index contributed by atoms with van der Waals surface area (Å²) in [6, 6.07) is 5.03. The molecule has 116 valence electrons. The van der Waals surface area contributed by atoms with Crippen LogP contribution in [-0.4, -0.2) is 29.8 Å². The Hall–Kier alpha value is -1.26. The first-order valence-electron chi connectivity index (χ1n) is 6.95. The summed E-state index contributed by atoms with van der Waals surface area (Å²) >= 11 is 12.0. The van der Waals surface area contributed by atoms with Crippen LogP contribution in [0.4, 0.5) is 5.69 Å². The van der Waals surface area contributed by atoms with Crippen LogP contribution in [0.2, 0.25) is 10.0 Å². The Morgan fingerprint density at radius 1 is 1.19 bits per heavy atom. The molecule has 0 aliphatic rings. The van der Waals surface area contributed by atoms with Gasteiger partial charge in [0, 0.05) is 26.4 Å². The number of hydrogen-bond acceptors (Lipinski definition) is 2. The van der Waals surface area contributed by atoms with Crippen LogP contribution in [0.3, 0.4) is 0 Å². The molecule has 0 aliphatic carbocycles. The van der Waals surface area contributed by atoms with Gasteiger partial charge in [0.15, 0.2) is 0 Å². The van der Waals surface area contributed by atoms with Gasteiger partial charge >= 0.3 is 0 Å². The summed E-state index contributed by atoms with van der Waals surface area (Å²) in [5, 5.41) is 3.48. The molecule has 0 unspecified atom stereocenters. The van der Waals surface area contributed by atoms with Crippen LogP contribution < -0.4 is 5.32 Å². The molecule has 1 N–H and O–H groups in total. The molecule has 0 heterocycles. The predicted molar refractivity (Wildman–Crippen MR) is 86.9 cm³/mol. The molecular weight excluding hydrogens is 311 g/mol. The van der Waals surface area contributed by atoms with Crippen molar-refractivity contribution in [2.45, 2.75) is 33.1 Å². The Kier molecular flexibility index (Phi) is 7.54. The molecule has 1 aromatic rings. The Bertz CT molecular complexity index is 486. The van der Waals surface area contributed by atoms with Gasteiger partial charge in [0.2, 0.25) is 11.8 Å². The van der Waals surface area contributed by atoms with E-state index in [9.17, 15) is 9.59 Å². The minimum absolute atomic E-state index is 0.0213.